The van der Waals surface area contributed by atoms with E-state index in [1.54, 1.807) is 24.3 Å². The maximum atomic E-state index is 12.1. The number of nitrogens with one attached hydrogen (secondary N) is 3. The number of hydrogen-bond donors (Lipinski definition) is 3. The molecule has 1 atom stereocenters. The molecular weight excluding hydrogens is 266 g/mol. The van der Waals surface area contributed by atoms with Crippen LogP contribution in [0.25, 0.3) is 0 Å². The van der Waals surface area contributed by atoms with Gasteiger partial charge < -0.3 is 16.0 Å². The number of hydrogen-bond acceptors (Lipinski definition) is 3. The first-order valence-electron chi connectivity index (χ1n) is 7.65. The van der Waals surface area contributed by atoms with E-state index < -0.39 is 0 Å². The molecule has 1 aromatic rings. The lowest BCUT2D eigenvalue weighted by atomic mass is 9.99. The van der Waals surface area contributed by atoms with Gasteiger partial charge >= 0.3 is 0 Å². The van der Waals surface area contributed by atoms with Gasteiger partial charge in [-0.05, 0) is 56.5 Å². The highest BCUT2D eigenvalue weighted by Gasteiger charge is 2.24. The fourth-order valence-corrected chi connectivity index (χ4v) is 2.52. The van der Waals surface area contributed by atoms with Gasteiger partial charge in [0.2, 0.25) is 5.91 Å². The number of anilines is 1. The van der Waals surface area contributed by atoms with Gasteiger partial charge in [0.25, 0.3) is 5.91 Å². The SMILES string of the molecule is O=C(NC1CC1)c1ccc(NC(=O)[C@@H]2CCCNC2)cc1. The summed E-state index contributed by atoms with van der Waals surface area (Å²) in [6.07, 6.45) is 4.13. The van der Waals surface area contributed by atoms with E-state index in [1.165, 1.54) is 0 Å². The predicted octanol–water partition coefficient (Wildman–Crippen LogP) is 1.52. The van der Waals surface area contributed by atoms with Crippen LogP contribution in [-0.2, 0) is 4.79 Å². The summed E-state index contributed by atoms with van der Waals surface area (Å²) in [6.45, 7) is 1.74. The van der Waals surface area contributed by atoms with Crippen LogP contribution in [0.15, 0.2) is 24.3 Å². The second-order valence-electron chi connectivity index (χ2n) is 5.86. The molecule has 5 heteroatoms. The zero-order valence-electron chi connectivity index (χ0n) is 12.0. The number of carbonyl (C=O) groups excluding carboxylic acids is 2. The Bertz CT molecular complexity index is 517. The van der Waals surface area contributed by atoms with Crippen molar-refractivity contribution in [2.45, 2.75) is 31.7 Å². The third kappa shape index (κ3) is 3.82. The third-order valence-corrected chi connectivity index (χ3v) is 3.99. The molecule has 2 fully saturated rings. The van der Waals surface area contributed by atoms with Crippen molar-refractivity contribution in [3.05, 3.63) is 29.8 Å². The summed E-state index contributed by atoms with van der Waals surface area (Å²) < 4.78 is 0. The van der Waals surface area contributed by atoms with Gasteiger partial charge in [-0.15, -0.1) is 0 Å². The van der Waals surface area contributed by atoms with E-state index in [4.69, 9.17) is 0 Å². The predicted molar refractivity (Wildman–Crippen MR) is 81.2 cm³/mol. The first-order valence-corrected chi connectivity index (χ1v) is 7.65. The van der Waals surface area contributed by atoms with Crippen LogP contribution in [0.2, 0.25) is 0 Å². The maximum Gasteiger partial charge on any atom is 0.251 e. The summed E-state index contributed by atoms with van der Waals surface area (Å²) in [7, 11) is 0. The smallest absolute Gasteiger partial charge is 0.251 e. The number of carbonyl (C=O) groups is 2. The average Bonchev–Trinajstić information content (AvgIpc) is 3.33. The molecule has 3 N–H and O–H groups in total. The topological polar surface area (TPSA) is 70.2 Å². The van der Waals surface area contributed by atoms with Gasteiger partial charge in [-0.25, -0.2) is 0 Å². The van der Waals surface area contributed by atoms with Crippen LogP contribution in [0.4, 0.5) is 5.69 Å². The Morgan fingerprint density at radius 3 is 2.48 bits per heavy atom. The van der Waals surface area contributed by atoms with Crippen molar-refractivity contribution in [1.82, 2.24) is 10.6 Å². The first-order chi connectivity index (χ1) is 10.2. The Morgan fingerprint density at radius 1 is 1.10 bits per heavy atom. The van der Waals surface area contributed by atoms with Crippen LogP contribution >= 0.6 is 0 Å². The van der Waals surface area contributed by atoms with Crippen molar-refractivity contribution in [2.75, 3.05) is 18.4 Å². The third-order valence-electron chi connectivity index (χ3n) is 3.99. The Kier molecular flexibility index (Phi) is 4.20. The zero-order chi connectivity index (χ0) is 14.7. The Morgan fingerprint density at radius 2 is 1.86 bits per heavy atom. The van der Waals surface area contributed by atoms with E-state index in [0.717, 1.165) is 44.5 Å². The lowest BCUT2D eigenvalue weighted by Gasteiger charge is -2.21. The summed E-state index contributed by atoms with van der Waals surface area (Å²) in [5.41, 5.74) is 1.38. The van der Waals surface area contributed by atoms with E-state index in [1.807, 2.05) is 0 Å². The van der Waals surface area contributed by atoms with Gasteiger partial charge in [0.05, 0.1) is 5.92 Å². The Hall–Kier alpha value is -1.88. The highest BCUT2D eigenvalue weighted by atomic mass is 16.2. The van der Waals surface area contributed by atoms with E-state index in [9.17, 15) is 9.59 Å². The number of piperidine rings is 1. The van der Waals surface area contributed by atoms with Crippen molar-refractivity contribution >= 4 is 17.5 Å². The summed E-state index contributed by atoms with van der Waals surface area (Å²) in [5, 5.41) is 9.10. The molecule has 1 saturated heterocycles. The second kappa shape index (κ2) is 6.26. The molecule has 3 rings (SSSR count). The number of benzene rings is 1. The van der Waals surface area contributed by atoms with Crippen molar-refractivity contribution in [2.24, 2.45) is 5.92 Å². The fourth-order valence-electron chi connectivity index (χ4n) is 2.52. The molecule has 5 nitrogen and oxygen atoms in total. The molecule has 21 heavy (non-hydrogen) atoms. The van der Waals surface area contributed by atoms with Gasteiger partial charge in [0.1, 0.15) is 0 Å². The van der Waals surface area contributed by atoms with Gasteiger partial charge in [-0.2, -0.15) is 0 Å². The summed E-state index contributed by atoms with van der Waals surface area (Å²) >= 11 is 0. The van der Waals surface area contributed by atoms with Gasteiger partial charge in [0, 0.05) is 23.8 Å². The van der Waals surface area contributed by atoms with Crippen molar-refractivity contribution in [1.29, 1.82) is 0 Å². The van der Waals surface area contributed by atoms with E-state index in [2.05, 4.69) is 16.0 Å². The molecule has 2 amide bonds. The minimum atomic E-state index is -0.0353. The monoisotopic (exact) mass is 287 g/mol. The molecule has 1 heterocycles. The van der Waals surface area contributed by atoms with E-state index >= 15 is 0 Å². The molecule has 0 spiro atoms. The Balaban J connectivity index is 1.55. The maximum absolute atomic E-state index is 12.1. The highest BCUT2D eigenvalue weighted by molar-refractivity contribution is 5.96. The minimum absolute atomic E-state index is 0.0353. The molecule has 1 aromatic carbocycles. The van der Waals surface area contributed by atoms with Crippen LogP contribution in [0, 0.1) is 5.92 Å². The first kappa shape index (κ1) is 14.1. The van der Waals surface area contributed by atoms with E-state index in [-0.39, 0.29) is 17.7 Å². The van der Waals surface area contributed by atoms with Crippen molar-refractivity contribution in [3.8, 4) is 0 Å². The molecule has 1 aliphatic carbocycles. The fraction of sp³-hybridized carbons (Fsp3) is 0.500. The van der Waals surface area contributed by atoms with Gasteiger partial charge in [0.15, 0.2) is 0 Å². The number of rotatable bonds is 4. The summed E-state index contributed by atoms with van der Waals surface area (Å²) in [4.78, 5) is 24.0. The molecule has 0 aromatic heterocycles. The zero-order valence-corrected chi connectivity index (χ0v) is 12.0. The molecule has 1 saturated carbocycles. The van der Waals surface area contributed by atoms with E-state index in [0.29, 0.717) is 11.6 Å². The largest absolute Gasteiger partial charge is 0.349 e. The summed E-state index contributed by atoms with van der Waals surface area (Å²) in [5.74, 6) is 0.0563. The van der Waals surface area contributed by atoms with Gasteiger partial charge in [-0.1, -0.05) is 0 Å². The summed E-state index contributed by atoms with van der Waals surface area (Å²) in [6, 6.07) is 7.45. The van der Waals surface area contributed by atoms with Crippen LogP contribution in [-0.4, -0.2) is 30.9 Å². The van der Waals surface area contributed by atoms with Crippen molar-refractivity contribution < 1.29 is 9.59 Å². The molecule has 1 aliphatic heterocycles. The molecular formula is C16H21N3O2. The van der Waals surface area contributed by atoms with Crippen molar-refractivity contribution in [3.63, 3.8) is 0 Å². The molecule has 0 radical (unpaired) electrons. The normalized spacial score (nSPS) is 21.6. The van der Waals surface area contributed by atoms with Crippen LogP contribution in [0.3, 0.4) is 0 Å². The average molecular weight is 287 g/mol. The molecule has 0 bridgehead atoms. The Labute approximate surface area is 124 Å². The number of amides is 2. The quantitative estimate of drug-likeness (QED) is 0.786. The second-order valence-corrected chi connectivity index (χ2v) is 5.86. The molecule has 2 aliphatic rings. The van der Waals surface area contributed by atoms with Crippen LogP contribution in [0.1, 0.15) is 36.0 Å². The highest BCUT2D eigenvalue weighted by Crippen LogP contribution is 2.20. The minimum Gasteiger partial charge on any atom is -0.349 e. The molecule has 0 unspecified atom stereocenters. The van der Waals surface area contributed by atoms with Gasteiger partial charge in [-0.3, -0.25) is 9.59 Å². The lowest BCUT2D eigenvalue weighted by molar-refractivity contribution is -0.120. The lowest BCUT2D eigenvalue weighted by Crippen LogP contribution is -2.37. The van der Waals surface area contributed by atoms with Crippen LogP contribution in [0.5, 0.6) is 0 Å². The van der Waals surface area contributed by atoms with Crippen LogP contribution < -0.4 is 16.0 Å². The molecule has 112 valence electrons. The standard InChI is InChI=1S/C16H21N3O2/c20-15(18-14-7-8-14)11-3-5-13(6-4-11)19-16(21)12-2-1-9-17-10-12/h3-6,12,14,17H,1-2,7-10H2,(H,18,20)(H,19,21)/t12-/m1/s1.